The summed E-state index contributed by atoms with van der Waals surface area (Å²) < 4.78 is 4.82. The van der Waals surface area contributed by atoms with Gasteiger partial charge in [-0.2, -0.15) is 0 Å². The number of benzene rings is 1. The van der Waals surface area contributed by atoms with E-state index in [1.807, 2.05) is 26.0 Å². The van der Waals surface area contributed by atoms with Crippen LogP contribution in [0.4, 0.5) is 11.4 Å². The lowest BCUT2D eigenvalue weighted by molar-refractivity contribution is -0.123. The van der Waals surface area contributed by atoms with Crippen LogP contribution in [0.3, 0.4) is 0 Å². The van der Waals surface area contributed by atoms with E-state index in [0.717, 1.165) is 47.5 Å². The van der Waals surface area contributed by atoms with Crippen LogP contribution in [-0.2, 0) is 4.79 Å². The normalized spacial score (nSPS) is 17.7. The highest BCUT2D eigenvalue weighted by Crippen LogP contribution is 2.40. The standard InChI is InChI=1S/C27H31N3O5S/c1-15(2)30(26(32)19-7-5-16(3)6-8-19)22-13-23(36-24(22)27(33)34)18-9-11-20(12-10-18)28-25(31)21-14-35-29-17(21)4/h9-16,19H,5-8H2,1-4H3,(H,28,31)(H,33,34)/t16-,19-. The van der Waals surface area contributed by atoms with E-state index in [9.17, 15) is 19.5 Å². The van der Waals surface area contributed by atoms with Crippen molar-refractivity contribution in [3.05, 3.63) is 52.7 Å². The molecule has 2 N–H and O–H groups in total. The molecule has 1 aliphatic rings. The molecule has 3 aromatic rings. The van der Waals surface area contributed by atoms with Gasteiger partial charge in [0.2, 0.25) is 5.91 Å². The highest BCUT2D eigenvalue weighted by molar-refractivity contribution is 7.18. The first-order chi connectivity index (χ1) is 17.2. The van der Waals surface area contributed by atoms with Crippen molar-refractivity contribution < 1.29 is 24.0 Å². The van der Waals surface area contributed by atoms with E-state index in [4.69, 9.17) is 4.52 Å². The number of aromatic nitrogens is 1. The number of nitrogens with zero attached hydrogens (tertiary/aromatic N) is 2. The van der Waals surface area contributed by atoms with Crippen molar-refractivity contribution in [1.82, 2.24) is 5.16 Å². The van der Waals surface area contributed by atoms with Crippen LogP contribution in [-0.4, -0.2) is 34.1 Å². The van der Waals surface area contributed by atoms with Gasteiger partial charge in [-0.15, -0.1) is 11.3 Å². The molecule has 0 unspecified atom stereocenters. The fraction of sp³-hybridized carbons (Fsp3) is 0.407. The van der Waals surface area contributed by atoms with Crippen LogP contribution < -0.4 is 10.2 Å². The topological polar surface area (TPSA) is 113 Å². The number of carbonyl (C=O) groups excluding carboxylic acids is 2. The number of nitrogens with one attached hydrogen (secondary N) is 1. The van der Waals surface area contributed by atoms with Gasteiger partial charge < -0.3 is 19.8 Å². The molecule has 0 saturated heterocycles. The molecule has 0 radical (unpaired) electrons. The van der Waals surface area contributed by atoms with Crippen molar-refractivity contribution in [2.24, 2.45) is 11.8 Å². The number of thiophene rings is 1. The third-order valence-corrected chi connectivity index (χ3v) is 7.87. The molecule has 4 rings (SSSR count). The van der Waals surface area contributed by atoms with Gasteiger partial charge in [0, 0.05) is 22.5 Å². The zero-order chi connectivity index (χ0) is 26.0. The SMILES string of the molecule is Cc1nocc1C(=O)Nc1ccc(-c2cc(N(C(=O)[C@H]3CC[C@H](C)CC3)C(C)C)c(C(=O)O)s2)cc1. The number of hydrogen-bond acceptors (Lipinski definition) is 6. The summed E-state index contributed by atoms with van der Waals surface area (Å²) in [5.41, 5.74) is 2.70. The molecule has 0 spiro atoms. The molecule has 1 aromatic carbocycles. The summed E-state index contributed by atoms with van der Waals surface area (Å²) >= 11 is 1.15. The molecule has 1 saturated carbocycles. The van der Waals surface area contributed by atoms with Gasteiger partial charge in [0.25, 0.3) is 5.91 Å². The predicted octanol–water partition coefficient (Wildman–Crippen LogP) is 6.23. The average molecular weight is 510 g/mol. The van der Waals surface area contributed by atoms with Gasteiger partial charge in [-0.3, -0.25) is 9.59 Å². The highest BCUT2D eigenvalue weighted by Gasteiger charge is 2.33. The molecule has 0 atom stereocenters. The molecule has 9 heteroatoms. The van der Waals surface area contributed by atoms with Gasteiger partial charge in [0.1, 0.15) is 16.7 Å². The average Bonchev–Trinajstić information content (AvgIpc) is 3.47. The number of carboxylic acid groups (broad SMARTS) is 1. The van der Waals surface area contributed by atoms with E-state index in [2.05, 4.69) is 17.4 Å². The molecular weight excluding hydrogens is 478 g/mol. The smallest absolute Gasteiger partial charge is 0.348 e. The van der Waals surface area contributed by atoms with Gasteiger partial charge in [-0.25, -0.2) is 4.79 Å². The van der Waals surface area contributed by atoms with Crippen molar-refractivity contribution in [2.75, 3.05) is 10.2 Å². The van der Waals surface area contributed by atoms with Crippen LogP contribution in [0.15, 0.2) is 41.1 Å². The summed E-state index contributed by atoms with van der Waals surface area (Å²) in [5.74, 6) is -0.824. The minimum atomic E-state index is -1.05. The molecule has 36 heavy (non-hydrogen) atoms. The van der Waals surface area contributed by atoms with E-state index < -0.39 is 5.97 Å². The summed E-state index contributed by atoms with van der Waals surface area (Å²) in [6, 6.07) is 8.78. The zero-order valence-electron chi connectivity index (χ0n) is 20.9. The largest absolute Gasteiger partial charge is 0.477 e. The molecule has 2 heterocycles. The monoisotopic (exact) mass is 509 g/mol. The maximum Gasteiger partial charge on any atom is 0.348 e. The van der Waals surface area contributed by atoms with Crippen LogP contribution >= 0.6 is 11.3 Å². The number of anilines is 2. The van der Waals surface area contributed by atoms with Crippen molar-refractivity contribution in [2.45, 2.75) is 59.4 Å². The molecule has 190 valence electrons. The zero-order valence-corrected chi connectivity index (χ0v) is 21.7. The highest BCUT2D eigenvalue weighted by atomic mass is 32.1. The fourth-order valence-electron chi connectivity index (χ4n) is 4.64. The number of hydrogen-bond donors (Lipinski definition) is 2. The Bertz CT molecular complexity index is 1250. The number of carboxylic acids is 1. The Labute approximate surface area is 214 Å². The van der Waals surface area contributed by atoms with Gasteiger partial charge in [-0.05, 0) is 76.1 Å². The lowest BCUT2D eigenvalue weighted by atomic mass is 9.82. The molecule has 2 amide bonds. The lowest BCUT2D eigenvalue weighted by Crippen LogP contribution is -2.42. The number of aromatic carboxylic acids is 1. The van der Waals surface area contributed by atoms with E-state index in [1.54, 1.807) is 30.0 Å². The maximum atomic E-state index is 13.5. The third kappa shape index (κ3) is 5.36. The number of carbonyl (C=O) groups is 3. The van der Waals surface area contributed by atoms with E-state index >= 15 is 0 Å². The predicted molar refractivity (Wildman–Crippen MR) is 140 cm³/mol. The van der Waals surface area contributed by atoms with E-state index in [-0.39, 0.29) is 28.7 Å². The Balaban J connectivity index is 1.59. The van der Waals surface area contributed by atoms with Crippen LogP contribution in [0.2, 0.25) is 0 Å². The summed E-state index contributed by atoms with van der Waals surface area (Å²) in [6.45, 7) is 7.74. The summed E-state index contributed by atoms with van der Waals surface area (Å²) in [4.78, 5) is 40.7. The Kier molecular flexibility index (Phi) is 7.59. The second-order valence-corrected chi connectivity index (χ2v) is 10.8. The first-order valence-corrected chi connectivity index (χ1v) is 13.0. The first-order valence-electron chi connectivity index (χ1n) is 12.2. The molecule has 1 aliphatic carbocycles. The van der Waals surface area contributed by atoms with Crippen molar-refractivity contribution in [1.29, 1.82) is 0 Å². The maximum absolute atomic E-state index is 13.5. The minimum Gasteiger partial charge on any atom is -0.477 e. The Morgan fingerprint density at radius 1 is 1.14 bits per heavy atom. The summed E-state index contributed by atoms with van der Waals surface area (Å²) in [6.07, 6.45) is 5.01. The second-order valence-electron chi connectivity index (χ2n) is 9.73. The quantitative estimate of drug-likeness (QED) is 0.390. The molecule has 1 fully saturated rings. The number of amides is 2. The van der Waals surface area contributed by atoms with Crippen molar-refractivity contribution in [3.63, 3.8) is 0 Å². The van der Waals surface area contributed by atoms with E-state index in [0.29, 0.717) is 28.6 Å². The lowest BCUT2D eigenvalue weighted by Gasteiger charge is -2.33. The van der Waals surface area contributed by atoms with Crippen LogP contribution in [0.1, 0.15) is 72.2 Å². The Morgan fingerprint density at radius 2 is 1.81 bits per heavy atom. The molecule has 0 aliphatic heterocycles. The third-order valence-electron chi connectivity index (χ3n) is 6.71. The van der Waals surface area contributed by atoms with Gasteiger partial charge in [-0.1, -0.05) is 24.2 Å². The minimum absolute atomic E-state index is 0.00541. The molecule has 0 bridgehead atoms. The fourth-order valence-corrected chi connectivity index (χ4v) is 5.63. The van der Waals surface area contributed by atoms with Gasteiger partial charge >= 0.3 is 5.97 Å². The van der Waals surface area contributed by atoms with Crippen molar-refractivity contribution >= 4 is 40.5 Å². The van der Waals surface area contributed by atoms with Gasteiger partial charge in [0.05, 0.1) is 11.4 Å². The Morgan fingerprint density at radius 3 is 2.36 bits per heavy atom. The second kappa shape index (κ2) is 10.7. The van der Waals surface area contributed by atoms with Crippen LogP contribution in [0.5, 0.6) is 0 Å². The van der Waals surface area contributed by atoms with E-state index in [1.165, 1.54) is 6.26 Å². The van der Waals surface area contributed by atoms with Gasteiger partial charge in [0.15, 0.2) is 0 Å². The van der Waals surface area contributed by atoms with Crippen LogP contribution in [0, 0.1) is 18.8 Å². The Hall–Kier alpha value is -3.46. The molecule has 2 aromatic heterocycles. The van der Waals surface area contributed by atoms with Crippen molar-refractivity contribution in [3.8, 4) is 10.4 Å². The van der Waals surface area contributed by atoms with Crippen LogP contribution in [0.25, 0.3) is 10.4 Å². The first kappa shape index (κ1) is 25.6. The number of rotatable bonds is 7. The summed E-state index contributed by atoms with van der Waals surface area (Å²) in [7, 11) is 0. The summed E-state index contributed by atoms with van der Waals surface area (Å²) in [5, 5.41) is 16.5. The molecule has 8 nitrogen and oxygen atoms in total. The number of aryl methyl sites for hydroxylation is 1. The molecular formula is C27H31N3O5S.